The molecule has 0 heterocycles. The summed E-state index contributed by atoms with van der Waals surface area (Å²) in [6.45, 7) is 12.8. The summed E-state index contributed by atoms with van der Waals surface area (Å²) in [6, 6.07) is 26.7. The van der Waals surface area contributed by atoms with Gasteiger partial charge in [0.05, 0.1) is 0 Å². The van der Waals surface area contributed by atoms with Gasteiger partial charge in [0.25, 0.3) is 0 Å². The Hall–Kier alpha value is -3.90. The zero-order valence-corrected chi connectivity index (χ0v) is 18.5. The molecule has 0 heteroatoms. The SMILES string of the molecule is C=C/C=c1/cc2c(cc1=C)c1cc3ccccc3cc1c1c(C)c3ccccc3c(C)c21. The molecule has 0 N–H and O–H groups in total. The van der Waals surface area contributed by atoms with Crippen LogP contribution >= 0.6 is 0 Å². The Morgan fingerprint density at radius 2 is 1.09 bits per heavy atom. The van der Waals surface area contributed by atoms with Gasteiger partial charge < -0.3 is 0 Å². The third-order valence-corrected chi connectivity index (χ3v) is 7.03. The van der Waals surface area contributed by atoms with Crippen molar-refractivity contribution in [3.05, 3.63) is 107 Å². The molecule has 0 aromatic heterocycles. The van der Waals surface area contributed by atoms with Gasteiger partial charge in [-0.15, -0.1) is 0 Å². The van der Waals surface area contributed by atoms with Crippen molar-refractivity contribution in [3.63, 3.8) is 0 Å². The van der Waals surface area contributed by atoms with E-state index in [4.69, 9.17) is 0 Å². The summed E-state index contributed by atoms with van der Waals surface area (Å²) in [6.07, 6.45) is 3.90. The third kappa shape index (κ3) is 2.50. The molecule has 0 nitrogen and oxygen atoms in total. The van der Waals surface area contributed by atoms with Gasteiger partial charge in [0, 0.05) is 0 Å². The van der Waals surface area contributed by atoms with Gasteiger partial charge >= 0.3 is 0 Å². The predicted molar refractivity (Wildman–Crippen MR) is 143 cm³/mol. The summed E-state index contributed by atoms with van der Waals surface area (Å²) >= 11 is 0. The molecule has 0 saturated carbocycles. The average molecular weight is 409 g/mol. The fourth-order valence-corrected chi connectivity index (χ4v) is 5.50. The Balaban J connectivity index is 2.04. The van der Waals surface area contributed by atoms with E-state index in [9.17, 15) is 0 Å². The van der Waals surface area contributed by atoms with E-state index in [0.717, 1.165) is 10.4 Å². The van der Waals surface area contributed by atoms with E-state index in [1.165, 1.54) is 65.0 Å². The molecule has 0 bridgehead atoms. The van der Waals surface area contributed by atoms with Crippen molar-refractivity contribution in [2.24, 2.45) is 0 Å². The largest absolute Gasteiger partial charge is 0.0990 e. The summed E-state index contributed by atoms with van der Waals surface area (Å²) in [5.41, 5.74) is 2.68. The van der Waals surface area contributed by atoms with Gasteiger partial charge in [-0.05, 0) is 114 Å². The second kappa shape index (κ2) is 6.80. The molecule has 0 aliphatic heterocycles. The lowest BCUT2D eigenvalue weighted by Gasteiger charge is -2.18. The molecule has 152 valence electrons. The van der Waals surface area contributed by atoms with Gasteiger partial charge in [0.2, 0.25) is 0 Å². The first kappa shape index (κ1) is 18.8. The van der Waals surface area contributed by atoms with Crippen LogP contribution in [-0.2, 0) is 0 Å². The molecule has 6 aromatic carbocycles. The first-order chi connectivity index (χ1) is 15.6. The van der Waals surface area contributed by atoms with Crippen LogP contribution < -0.4 is 10.4 Å². The fraction of sp³-hybridized carbons (Fsp3) is 0.0625. The van der Waals surface area contributed by atoms with E-state index in [1.54, 1.807) is 0 Å². The molecule has 6 aromatic rings. The van der Waals surface area contributed by atoms with Crippen LogP contribution in [0.5, 0.6) is 0 Å². The Labute approximate surface area is 187 Å². The lowest BCUT2D eigenvalue weighted by Crippen LogP contribution is -2.22. The van der Waals surface area contributed by atoms with Crippen molar-refractivity contribution in [2.75, 3.05) is 0 Å². The molecule has 0 aliphatic rings. The van der Waals surface area contributed by atoms with Gasteiger partial charge in [-0.3, -0.25) is 0 Å². The maximum absolute atomic E-state index is 4.35. The van der Waals surface area contributed by atoms with Crippen molar-refractivity contribution in [2.45, 2.75) is 13.8 Å². The van der Waals surface area contributed by atoms with Crippen LogP contribution in [0.2, 0.25) is 0 Å². The summed E-state index contributed by atoms with van der Waals surface area (Å²) in [7, 11) is 0. The minimum absolute atomic E-state index is 1.03. The van der Waals surface area contributed by atoms with E-state index in [2.05, 4.69) is 106 Å². The molecule has 0 radical (unpaired) electrons. The van der Waals surface area contributed by atoms with Gasteiger partial charge in [-0.25, -0.2) is 0 Å². The summed E-state index contributed by atoms with van der Waals surface area (Å²) in [4.78, 5) is 0. The zero-order valence-electron chi connectivity index (χ0n) is 18.5. The quantitative estimate of drug-likeness (QED) is 0.196. The Morgan fingerprint density at radius 3 is 1.69 bits per heavy atom. The number of rotatable bonds is 1. The zero-order chi connectivity index (χ0) is 22.0. The van der Waals surface area contributed by atoms with Gasteiger partial charge in [-0.2, -0.15) is 0 Å². The van der Waals surface area contributed by atoms with Crippen molar-refractivity contribution in [1.82, 2.24) is 0 Å². The lowest BCUT2D eigenvalue weighted by atomic mass is 9.85. The maximum Gasteiger partial charge on any atom is -0.00604 e. The first-order valence-corrected chi connectivity index (χ1v) is 11.1. The fourth-order valence-electron chi connectivity index (χ4n) is 5.50. The summed E-state index contributed by atoms with van der Waals surface area (Å²) in [5.74, 6) is 0. The highest BCUT2D eigenvalue weighted by Crippen LogP contribution is 2.42. The van der Waals surface area contributed by atoms with E-state index >= 15 is 0 Å². The molecule has 0 aliphatic carbocycles. The molecule has 0 fully saturated rings. The second-order valence-electron chi connectivity index (χ2n) is 8.79. The van der Waals surface area contributed by atoms with Crippen LogP contribution in [0.25, 0.3) is 66.5 Å². The molecule has 32 heavy (non-hydrogen) atoms. The maximum atomic E-state index is 4.35. The highest BCUT2D eigenvalue weighted by Gasteiger charge is 2.16. The van der Waals surface area contributed by atoms with Crippen molar-refractivity contribution in [1.29, 1.82) is 0 Å². The standard InChI is InChI=1S/C32H24/c1-5-10-22-16-29-27(15-19(22)2)28-17-23-11-6-7-12-24(23)18-30(28)32-21(4)26-14-9-8-13-25(26)20(3)31(29)32/h5-18H,1-2H2,3-4H3/b22-10-. The van der Waals surface area contributed by atoms with Crippen LogP contribution in [0.1, 0.15) is 11.1 Å². The second-order valence-corrected chi connectivity index (χ2v) is 8.79. The predicted octanol–water partition coefficient (Wildman–Crippen LogP) is 7.45. The lowest BCUT2D eigenvalue weighted by molar-refractivity contribution is 1.53. The molecule has 0 amide bonds. The summed E-state index contributed by atoms with van der Waals surface area (Å²) < 4.78 is 0. The monoisotopic (exact) mass is 408 g/mol. The van der Waals surface area contributed by atoms with E-state index in [1.807, 2.05) is 6.08 Å². The van der Waals surface area contributed by atoms with Gasteiger partial charge in [-0.1, -0.05) is 73.8 Å². The van der Waals surface area contributed by atoms with Crippen LogP contribution in [-0.4, -0.2) is 0 Å². The van der Waals surface area contributed by atoms with E-state index in [0.29, 0.717) is 0 Å². The molecule has 6 rings (SSSR count). The molecule has 0 atom stereocenters. The van der Waals surface area contributed by atoms with Crippen LogP contribution in [0, 0.1) is 13.8 Å². The average Bonchev–Trinajstić information content (AvgIpc) is 2.81. The van der Waals surface area contributed by atoms with Crippen LogP contribution in [0.4, 0.5) is 0 Å². The van der Waals surface area contributed by atoms with Crippen molar-refractivity contribution >= 4 is 66.5 Å². The van der Waals surface area contributed by atoms with E-state index in [-0.39, 0.29) is 0 Å². The third-order valence-electron chi connectivity index (χ3n) is 7.03. The number of fused-ring (bicyclic) bond motifs is 8. The molecular weight excluding hydrogens is 384 g/mol. The number of allylic oxidation sites excluding steroid dienone is 1. The minimum atomic E-state index is 1.03. The molecule has 0 unspecified atom stereocenters. The molecule has 0 spiro atoms. The Kier molecular flexibility index (Phi) is 4.00. The van der Waals surface area contributed by atoms with Crippen LogP contribution in [0.15, 0.2) is 85.5 Å². The number of aryl methyl sites for hydroxylation is 2. The van der Waals surface area contributed by atoms with Crippen molar-refractivity contribution < 1.29 is 0 Å². The number of benzene rings is 6. The first-order valence-electron chi connectivity index (χ1n) is 11.1. The Morgan fingerprint density at radius 1 is 0.594 bits per heavy atom. The topological polar surface area (TPSA) is 0 Å². The highest BCUT2D eigenvalue weighted by atomic mass is 14.2. The molecule has 0 saturated heterocycles. The smallest absolute Gasteiger partial charge is 0.00604 e. The van der Waals surface area contributed by atoms with Gasteiger partial charge in [0.15, 0.2) is 0 Å². The number of hydrogen-bond acceptors (Lipinski definition) is 0. The minimum Gasteiger partial charge on any atom is -0.0990 e. The molecular formula is C32H24. The van der Waals surface area contributed by atoms with Gasteiger partial charge in [0.1, 0.15) is 0 Å². The highest BCUT2D eigenvalue weighted by molar-refractivity contribution is 6.31. The van der Waals surface area contributed by atoms with Crippen molar-refractivity contribution in [3.8, 4) is 0 Å². The van der Waals surface area contributed by atoms with Crippen LogP contribution in [0.3, 0.4) is 0 Å². The van der Waals surface area contributed by atoms with E-state index < -0.39 is 0 Å². The summed E-state index contributed by atoms with van der Waals surface area (Å²) in [5, 5.41) is 15.2. The number of hydrogen-bond donors (Lipinski definition) is 0. The Bertz CT molecular complexity index is 1870. The normalized spacial score (nSPS) is 12.5.